The number of rotatable bonds is 6. The molecule has 0 aromatic carbocycles. The minimum absolute atomic E-state index is 0.0912. The Labute approximate surface area is 119 Å². The molecular weight excluding hydrogens is 282 g/mol. The lowest BCUT2D eigenvalue weighted by Crippen LogP contribution is -2.32. The molecule has 0 amide bonds. The molecule has 7 heteroatoms. The topological polar surface area (TPSA) is 88.8 Å². The summed E-state index contributed by atoms with van der Waals surface area (Å²) in [6, 6.07) is 1.36. The molecule has 0 bridgehead atoms. The van der Waals surface area contributed by atoms with Crippen LogP contribution in [0.2, 0.25) is 0 Å². The first-order valence-corrected chi connectivity index (χ1v) is 8.27. The van der Waals surface area contributed by atoms with Gasteiger partial charge in [-0.3, -0.25) is 0 Å². The highest BCUT2D eigenvalue weighted by Crippen LogP contribution is 2.24. The second-order valence-electron chi connectivity index (χ2n) is 5.01. The first kappa shape index (κ1) is 15.5. The SMILES string of the molecule is CCC1OCCC1CNS(=O)(=O)c1cc(CO)oc1C. The normalized spacial score (nSPS) is 23.4. The van der Waals surface area contributed by atoms with Crippen molar-refractivity contribution >= 4 is 10.0 Å². The van der Waals surface area contributed by atoms with E-state index in [9.17, 15) is 8.42 Å². The van der Waals surface area contributed by atoms with Gasteiger partial charge in [0.25, 0.3) is 0 Å². The lowest BCUT2D eigenvalue weighted by molar-refractivity contribution is 0.0884. The van der Waals surface area contributed by atoms with Crippen LogP contribution < -0.4 is 4.72 Å². The lowest BCUT2D eigenvalue weighted by atomic mass is 10.0. The van der Waals surface area contributed by atoms with Crippen LogP contribution in [0.5, 0.6) is 0 Å². The maximum absolute atomic E-state index is 12.2. The predicted octanol–water partition coefficient (Wildman–Crippen LogP) is 1.17. The summed E-state index contributed by atoms with van der Waals surface area (Å²) in [5.74, 6) is 0.745. The smallest absolute Gasteiger partial charge is 0.244 e. The van der Waals surface area contributed by atoms with E-state index in [1.54, 1.807) is 6.92 Å². The molecule has 1 aromatic rings. The molecule has 1 aromatic heterocycles. The third-order valence-electron chi connectivity index (χ3n) is 3.65. The highest BCUT2D eigenvalue weighted by molar-refractivity contribution is 7.89. The number of aliphatic hydroxyl groups is 1. The zero-order valence-corrected chi connectivity index (χ0v) is 12.6. The quantitative estimate of drug-likeness (QED) is 0.823. The number of aryl methyl sites for hydroxylation is 1. The Bertz CT molecular complexity index is 551. The molecule has 2 heterocycles. The van der Waals surface area contributed by atoms with Crippen molar-refractivity contribution in [2.75, 3.05) is 13.2 Å². The van der Waals surface area contributed by atoms with Crippen molar-refractivity contribution in [3.8, 4) is 0 Å². The Morgan fingerprint density at radius 2 is 2.25 bits per heavy atom. The van der Waals surface area contributed by atoms with Gasteiger partial charge in [0.1, 0.15) is 23.0 Å². The van der Waals surface area contributed by atoms with Crippen molar-refractivity contribution in [3.05, 3.63) is 17.6 Å². The first-order valence-electron chi connectivity index (χ1n) is 6.79. The average molecular weight is 303 g/mol. The Morgan fingerprint density at radius 1 is 1.50 bits per heavy atom. The fraction of sp³-hybridized carbons (Fsp3) is 0.692. The van der Waals surface area contributed by atoms with Crippen LogP contribution in [0.4, 0.5) is 0 Å². The summed E-state index contributed by atoms with van der Waals surface area (Å²) in [6.45, 7) is 4.33. The van der Waals surface area contributed by atoms with Crippen LogP contribution in [0.25, 0.3) is 0 Å². The standard InChI is InChI=1S/C13H21NO5S/c1-3-12-10(4-5-18-12)7-14-20(16,17)13-6-11(8-15)19-9(13)2/h6,10,12,14-15H,3-5,7-8H2,1-2H3. The van der Waals surface area contributed by atoms with E-state index in [1.807, 2.05) is 6.92 Å². The monoisotopic (exact) mass is 303 g/mol. The van der Waals surface area contributed by atoms with Gasteiger partial charge in [-0.15, -0.1) is 0 Å². The van der Waals surface area contributed by atoms with Gasteiger partial charge >= 0.3 is 0 Å². The summed E-state index contributed by atoms with van der Waals surface area (Å²) in [5, 5.41) is 8.98. The van der Waals surface area contributed by atoms with E-state index in [0.29, 0.717) is 13.2 Å². The zero-order valence-electron chi connectivity index (χ0n) is 11.8. The van der Waals surface area contributed by atoms with Gasteiger partial charge in [-0.2, -0.15) is 0 Å². The molecule has 20 heavy (non-hydrogen) atoms. The van der Waals surface area contributed by atoms with Gasteiger partial charge in [-0.05, 0) is 19.8 Å². The highest BCUT2D eigenvalue weighted by atomic mass is 32.2. The molecule has 0 saturated carbocycles. The third-order valence-corrected chi connectivity index (χ3v) is 5.18. The minimum Gasteiger partial charge on any atom is -0.462 e. The van der Waals surface area contributed by atoms with Crippen molar-refractivity contribution in [2.45, 2.75) is 44.3 Å². The number of nitrogens with one attached hydrogen (secondary N) is 1. The Hall–Kier alpha value is -0.890. The molecule has 1 aliphatic rings. The average Bonchev–Trinajstić information content (AvgIpc) is 3.02. The van der Waals surface area contributed by atoms with Gasteiger partial charge in [0, 0.05) is 25.1 Å². The van der Waals surface area contributed by atoms with Crippen molar-refractivity contribution < 1.29 is 22.7 Å². The molecule has 1 fully saturated rings. The van der Waals surface area contributed by atoms with Gasteiger partial charge < -0.3 is 14.3 Å². The van der Waals surface area contributed by atoms with Crippen molar-refractivity contribution in [2.24, 2.45) is 5.92 Å². The number of hydrogen-bond donors (Lipinski definition) is 2. The molecule has 2 atom stereocenters. The second kappa shape index (κ2) is 6.26. The van der Waals surface area contributed by atoms with Gasteiger partial charge in [-0.1, -0.05) is 6.92 Å². The Balaban J connectivity index is 2.05. The van der Waals surface area contributed by atoms with Crippen LogP contribution in [0.1, 0.15) is 31.3 Å². The molecule has 2 N–H and O–H groups in total. The molecule has 2 unspecified atom stereocenters. The van der Waals surface area contributed by atoms with E-state index in [-0.39, 0.29) is 35.0 Å². The summed E-state index contributed by atoms with van der Waals surface area (Å²) in [7, 11) is -3.61. The van der Waals surface area contributed by atoms with Crippen LogP contribution in [-0.4, -0.2) is 32.8 Å². The molecule has 0 spiro atoms. The van der Waals surface area contributed by atoms with Crippen LogP contribution in [0.3, 0.4) is 0 Å². The molecule has 6 nitrogen and oxygen atoms in total. The second-order valence-corrected chi connectivity index (χ2v) is 6.74. The number of furan rings is 1. The van der Waals surface area contributed by atoms with E-state index >= 15 is 0 Å². The van der Waals surface area contributed by atoms with E-state index in [0.717, 1.165) is 12.8 Å². The van der Waals surface area contributed by atoms with Crippen molar-refractivity contribution in [3.63, 3.8) is 0 Å². The van der Waals surface area contributed by atoms with Crippen LogP contribution in [0, 0.1) is 12.8 Å². The highest BCUT2D eigenvalue weighted by Gasteiger charge is 2.29. The third kappa shape index (κ3) is 3.22. The predicted molar refractivity (Wildman–Crippen MR) is 72.7 cm³/mol. The molecular formula is C13H21NO5S. The van der Waals surface area contributed by atoms with Crippen LogP contribution in [-0.2, 0) is 21.4 Å². The van der Waals surface area contributed by atoms with E-state index in [4.69, 9.17) is 14.3 Å². The summed E-state index contributed by atoms with van der Waals surface area (Å²) in [6.07, 6.45) is 1.87. The van der Waals surface area contributed by atoms with Crippen LogP contribution in [0.15, 0.2) is 15.4 Å². The summed E-state index contributed by atoms with van der Waals surface area (Å²) >= 11 is 0. The molecule has 1 saturated heterocycles. The molecule has 0 aliphatic carbocycles. The zero-order chi connectivity index (χ0) is 14.8. The summed E-state index contributed by atoms with van der Waals surface area (Å²) in [5.41, 5.74) is 0. The minimum atomic E-state index is -3.61. The van der Waals surface area contributed by atoms with Crippen LogP contribution >= 0.6 is 0 Å². The first-order chi connectivity index (χ1) is 9.47. The maximum atomic E-state index is 12.2. The van der Waals surface area contributed by atoms with E-state index in [1.165, 1.54) is 6.07 Å². The summed E-state index contributed by atoms with van der Waals surface area (Å²) < 4.78 is 37.8. The van der Waals surface area contributed by atoms with Gasteiger partial charge in [0.15, 0.2) is 0 Å². The van der Waals surface area contributed by atoms with Crippen molar-refractivity contribution in [1.29, 1.82) is 0 Å². The largest absolute Gasteiger partial charge is 0.462 e. The van der Waals surface area contributed by atoms with Gasteiger partial charge in [0.05, 0.1) is 6.10 Å². The lowest BCUT2D eigenvalue weighted by Gasteiger charge is -2.17. The summed E-state index contributed by atoms with van der Waals surface area (Å²) in [4.78, 5) is 0.0912. The Morgan fingerprint density at radius 3 is 2.85 bits per heavy atom. The van der Waals surface area contributed by atoms with Gasteiger partial charge in [0.2, 0.25) is 10.0 Å². The number of sulfonamides is 1. The van der Waals surface area contributed by atoms with E-state index in [2.05, 4.69) is 4.72 Å². The number of aliphatic hydroxyl groups excluding tert-OH is 1. The fourth-order valence-corrected chi connectivity index (χ4v) is 3.84. The molecule has 2 rings (SSSR count). The Kier molecular flexibility index (Phi) is 4.85. The fourth-order valence-electron chi connectivity index (χ4n) is 2.54. The number of hydrogen-bond acceptors (Lipinski definition) is 5. The van der Waals surface area contributed by atoms with Crippen molar-refractivity contribution in [1.82, 2.24) is 4.72 Å². The maximum Gasteiger partial charge on any atom is 0.244 e. The van der Waals surface area contributed by atoms with E-state index < -0.39 is 10.0 Å². The molecule has 0 radical (unpaired) electrons. The van der Waals surface area contributed by atoms with Gasteiger partial charge in [-0.25, -0.2) is 13.1 Å². The molecule has 1 aliphatic heterocycles. The number of ether oxygens (including phenoxy) is 1. The molecule has 114 valence electrons.